The molecule has 4 aromatic rings. The average molecular weight is 446 g/mol. The van der Waals surface area contributed by atoms with Gasteiger partial charge in [0.1, 0.15) is 11.4 Å². The standard InChI is InChI=1S/C27H31N3OS/c1-4-32-21-7-5-6-20(15-21)22-8-9-24(31-17-19-10-12-30(3)13-11-19)26-25(22)23-14-18(2)16-28-27(23)29-26/h5-9,14-16,19H,4,10-13,17H2,1-3H3,(H,28,29). The lowest BCUT2D eigenvalue weighted by Crippen LogP contribution is -2.32. The fraction of sp³-hybridized carbons (Fsp3) is 0.370. The summed E-state index contributed by atoms with van der Waals surface area (Å²) in [7, 11) is 2.20. The van der Waals surface area contributed by atoms with E-state index in [2.05, 4.69) is 78.2 Å². The molecule has 2 aromatic carbocycles. The number of pyridine rings is 1. The van der Waals surface area contributed by atoms with Crippen molar-refractivity contribution in [1.82, 2.24) is 14.9 Å². The van der Waals surface area contributed by atoms with Gasteiger partial charge in [-0.2, -0.15) is 0 Å². The van der Waals surface area contributed by atoms with Crippen molar-refractivity contribution in [1.29, 1.82) is 0 Å². The summed E-state index contributed by atoms with van der Waals surface area (Å²) >= 11 is 1.88. The van der Waals surface area contributed by atoms with Gasteiger partial charge in [-0.05, 0) is 98.6 Å². The van der Waals surface area contributed by atoms with Crippen molar-refractivity contribution in [3.63, 3.8) is 0 Å². The molecule has 0 saturated carbocycles. The second kappa shape index (κ2) is 9.16. The summed E-state index contributed by atoms with van der Waals surface area (Å²) in [5.74, 6) is 2.62. The summed E-state index contributed by atoms with van der Waals surface area (Å²) in [6.45, 7) is 7.38. The summed E-state index contributed by atoms with van der Waals surface area (Å²) in [6, 6.07) is 15.4. The lowest BCUT2D eigenvalue weighted by molar-refractivity contribution is 0.161. The van der Waals surface area contributed by atoms with Gasteiger partial charge in [-0.15, -0.1) is 11.8 Å². The van der Waals surface area contributed by atoms with E-state index in [1.165, 1.54) is 34.3 Å². The third kappa shape index (κ3) is 4.24. The Morgan fingerprint density at radius 1 is 1.16 bits per heavy atom. The Hall–Kier alpha value is -2.50. The first-order valence-corrected chi connectivity index (χ1v) is 12.6. The summed E-state index contributed by atoms with van der Waals surface area (Å²) < 4.78 is 6.43. The molecule has 0 bridgehead atoms. The third-order valence-corrected chi connectivity index (χ3v) is 7.35. The summed E-state index contributed by atoms with van der Waals surface area (Å²) in [4.78, 5) is 12.0. The van der Waals surface area contributed by atoms with Crippen molar-refractivity contribution in [3.8, 4) is 16.9 Å². The number of aryl methyl sites for hydroxylation is 1. The van der Waals surface area contributed by atoms with E-state index in [9.17, 15) is 0 Å². The molecule has 5 heteroatoms. The molecule has 1 aliphatic rings. The van der Waals surface area contributed by atoms with E-state index in [4.69, 9.17) is 4.74 Å². The van der Waals surface area contributed by atoms with Crippen LogP contribution >= 0.6 is 11.8 Å². The largest absolute Gasteiger partial charge is 0.491 e. The molecule has 1 fully saturated rings. The van der Waals surface area contributed by atoms with E-state index < -0.39 is 0 Å². The van der Waals surface area contributed by atoms with E-state index >= 15 is 0 Å². The molecular formula is C27H31N3OS. The van der Waals surface area contributed by atoms with Crippen LogP contribution in [0.5, 0.6) is 5.75 Å². The second-order valence-corrected chi connectivity index (χ2v) is 10.3. The zero-order chi connectivity index (χ0) is 22.1. The molecule has 0 aliphatic carbocycles. The lowest BCUT2D eigenvalue weighted by Gasteiger charge is -2.28. The highest BCUT2D eigenvalue weighted by Gasteiger charge is 2.20. The minimum Gasteiger partial charge on any atom is -0.491 e. The van der Waals surface area contributed by atoms with Gasteiger partial charge < -0.3 is 14.6 Å². The van der Waals surface area contributed by atoms with E-state index in [0.29, 0.717) is 5.92 Å². The van der Waals surface area contributed by atoms with Crippen LogP contribution in [0.2, 0.25) is 0 Å². The fourth-order valence-corrected chi connectivity index (χ4v) is 5.40. The van der Waals surface area contributed by atoms with Gasteiger partial charge in [0.25, 0.3) is 0 Å². The summed E-state index contributed by atoms with van der Waals surface area (Å²) in [6.07, 6.45) is 4.33. The molecule has 1 aliphatic heterocycles. The number of H-pyrrole nitrogens is 1. The number of hydrogen-bond acceptors (Lipinski definition) is 4. The number of rotatable bonds is 6. The predicted octanol–water partition coefficient (Wildman–Crippen LogP) is 6.52. The Balaban J connectivity index is 1.58. The van der Waals surface area contributed by atoms with Gasteiger partial charge in [-0.25, -0.2) is 4.98 Å². The molecule has 0 atom stereocenters. The van der Waals surface area contributed by atoms with Crippen molar-refractivity contribution < 1.29 is 4.74 Å². The van der Waals surface area contributed by atoms with Crippen LogP contribution in [0.25, 0.3) is 33.1 Å². The van der Waals surface area contributed by atoms with Crippen molar-refractivity contribution >= 4 is 33.7 Å². The van der Waals surface area contributed by atoms with Crippen LogP contribution in [0.1, 0.15) is 25.3 Å². The average Bonchev–Trinajstić information content (AvgIpc) is 3.18. The Morgan fingerprint density at radius 2 is 2.00 bits per heavy atom. The Kier molecular flexibility index (Phi) is 6.11. The molecule has 0 spiro atoms. The molecule has 1 N–H and O–H groups in total. The number of nitrogens with one attached hydrogen (secondary N) is 1. The molecule has 0 amide bonds. The second-order valence-electron chi connectivity index (χ2n) is 8.91. The predicted molar refractivity (Wildman–Crippen MR) is 136 cm³/mol. The third-order valence-electron chi connectivity index (χ3n) is 6.47. The van der Waals surface area contributed by atoms with Gasteiger partial charge in [0.15, 0.2) is 0 Å². The molecule has 4 nitrogen and oxygen atoms in total. The molecule has 0 radical (unpaired) electrons. The molecule has 5 rings (SSSR count). The normalized spacial score (nSPS) is 15.6. The van der Waals surface area contributed by atoms with Crippen LogP contribution in [0.15, 0.2) is 53.6 Å². The highest BCUT2D eigenvalue weighted by molar-refractivity contribution is 7.99. The van der Waals surface area contributed by atoms with E-state index in [0.717, 1.165) is 53.3 Å². The van der Waals surface area contributed by atoms with Gasteiger partial charge in [0, 0.05) is 21.9 Å². The van der Waals surface area contributed by atoms with Gasteiger partial charge in [-0.1, -0.05) is 19.1 Å². The van der Waals surface area contributed by atoms with Gasteiger partial charge >= 0.3 is 0 Å². The Bertz CT molecular complexity index is 1240. The smallest absolute Gasteiger partial charge is 0.143 e. The van der Waals surface area contributed by atoms with E-state index in [1.54, 1.807) is 0 Å². The number of thioether (sulfide) groups is 1. The summed E-state index contributed by atoms with van der Waals surface area (Å²) in [5, 5.41) is 2.36. The first kappa shape index (κ1) is 21.4. The number of aromatic amines is 1. The van der Waals surface area contributed by atoms with E-state index in [-0.39, 0.29) is 0 Å². The van der Waals surface area contributed by atoms with Crippen LogP contribution in [-0.2, 0) is 0 Å². The minimum absolute atomic E-state index is 0.619. The number of fused-ring (bicyclic) bond motifs is 3. The van der Waals surface area contributed by atoms with Crippen LogP contribution in [0, 0.1) is 12.8 Å². The number of nitrogens with zero attached hydrogens (tertiary/aromatic N) is 2. The number of ether oxygens (including phenoxy) is 1. The number of aromatic nitrogens is 2. The first-order valence-electron chi connectivity index (χ1n) is 11.6. The summed E-state index contributed by atoms with van der Waals surface area (Å²) in [5.41, 5.74) is 5.59. The topological polar surface area (TPSA) is 41.1 Å². The van der Waals surface area contributed by atoms with Crippen molar-refractivity contribution in [2.45, 2.75) is 31.6 Å². The number of likely N-dealkylation sites (tertiary alicyclic amines) is 1. The molecule has 1 saturated heterocycles. The fourth-order valence-electron chi connectivity index (χ4n) is 4.68. The maximum atomic E-state index is 6.43. The Morgan fingerprint density at radius 3 is 2.81 bits per heavy atom. The van der Waals surface area contributed by atoms with Gasteiger partial charge in [0.2, 0.25) is 0 Å². The number of benzene rings is 2. The molecule has 2 aromatic heterocycles. The highest BCUT2D eigenvalue weighted by Crippen LogP contribution is 2.40. The molecule has 3 heterocycles. The van der Waals surface area contributed by atoms with Gasteiger partial charge in [0.05, 0.1) is 12.1 Å². The lowest BCUT2D eigenvalue weighted by atomic mass is 9.98. The van der Waals surface area contributed by atoms with Crippen LogP contribution in [0.3, 0.4) is 0 Å². The molecule has 0 unspecified atom stereocenters. The molecule has 32 heavy (non-hydrogen) atoms. The number of piperidine rings is 1. The van der Waals surface area contributed by atoms with E-state index in [1.807, 2.05) is 18.0 Å². The molecule has 166 valence electrons. The monoisotopic (exact) mass is 445 g/mol. The number of hydrogen-bond donors (Lipinski definition) is 1. The SMILES string of the molecule is CCSc1cccc(-c2ccc(OCC3CCN(C)CC3)c3[nH]c4ncc(C)cc4c23)c1. The minimum atomic E-state index is 0.619. The van der Waals surface area contributed by atoms with Crippen molar-refractivity contribution in [2.24, 2.45) is 5.92 Å². The van der Waals surface area contributed by atoms with Crippen LogP contribution < -0.4 is 4.74 Å². The van der Waals surface area contributed by atoms with Crippen molar-refractivity contribution in [2.75, 3.05) is 32.5 Å². The van der Waals surface area contributed by atoms with Gasteiger partial charge in [-0.3, -0.25) is 0 Å². The zero-order valence-electron chi connectivity index (χ0n) is 19.1. The maximum Gasteiger partial charge on any atom is 0.143 e. The Labute approximate surface area is 194 Å². The highest BCUT2D eigenvalue weighted by atomic mass is 32.2. The van der Waals surface area contributed by atoms with Crippen LogP contribution in [0.4, 0.5) is 0 Å². The quantitative estimate of drug-likeness (QED) is 0.343. The maximum absolute atomic E-state index is 6.43. The first-order chi connectivity index (χ1) is 15.6. The molecular weight excluding hydrogens is 414 g/mol. The van der Waals surface area contributed by atoms with Crippen LogP contribution in [-0.4, -0.2) is 47.4 Å². The zero-order valence-corrected chi connectivity index (χ0v) is 20.0. The van der Waals surface area contributed by atoms with Crippen molar-refractivity contribution in [3.05, 3.63) is 54.2 Å².